The highest BCUT2D eigenvalue weighted by atomic mass is 16.6. The van der Waals surface area contributed by atoms with Crippen molar-refractivity contribution < 1.29 is 18.7 Å². The lowest BCUT2D eigenvalue weighted by Gasteiger charge is -2.31. The van der Waals surface area contributed by atoms with Crippen molar-refractivity contribution >= 4 is 12.0 Å². The summed E-state index contributed by atoms with van der Waals surface area (Å²) in [6.07, 6.45) is 6.69. The highest BCUT2D eigenvalue weighted by molar-refractivity contribution is 5.77. The Bertz CT molecular complexity index is 864. The maximum absolute atomic E-state index is 12.6. The van der Waals surface area contributed by atoms with Crippen LogP contribution in [0, 0.1) is 0 Å². The van der Waals surface area contributed by atoms with E-state index in [-0.39, 0.29) is 5.91 Å². The highest BCUT2D eigenvalue weighted by Gasteiger charge is 2.36. The topological polar surface area (TPSA) is 93.5 Å². The van der Waals surface area contributed by atoms with E-state index >= 15 is 0 Å². The Hall–Kier alpha value is -2.83. The lowest BCUT2D eigenvalue weighted by molar-refractivity contribution is -0.123. The van der Waals surface area contributed by atoms with Gasteiger partial charge < -0.3 is 19.8 Å². The molecule has 0 unspecified atom stereocenters. The van der Waals surface area contributed by atoms with E-state index in [1.54, 1.807) is 6.20 Å². The second kappa shape index (κ2) is 9.98. The van der Waals surface area contributed by atoms with E-state index in [1.165, 1.54) is 0 Å². The van der Waals surface area contributed by atoms with E-state index in [4.69, 9.17) is 9.15 Å². The summed E-state index contributed by atoms with van der Waals surface area (Å²) < 4.78 is 11.1. The summed E-state index contributed by atoms with van der Waals surface area (Å²) in [5, 5.41) is 5.99. The van der Waals surface area contributed by atoms with Crippen LogP contribution in [0.1, 0.15) is 65.2 Å². The van der Waals surface area contributed by atoms with E-state index in [2.05, 4.69) is 15.6 Å². The summed E-state index contributed by atoms with van der Waals surface area (Å²) in [4.78, 5) is 28.9. The van der Waals surface area contributed by atoms with Gasteiger partial charge >= 0.3 is 6.09 Å². The minimum Gasteiger partial charge on any atom is -0.444 e. The van der Waals surface area contributed by atoms with Crippen molar-refractivity contribution in [1.82, 2.24) is 15.6 Å². The van der Waals surface area contributed by atoms with Crippen molar-refractivity contribution in [2.75, 3.05) is 6.54 Å². The predicted molar refractivity (Wildman–Crippen MR) is 118 cm³/mol. The highest BCUT2D eigenvalue weighted by Crippen LogP contribution is 2.29. The molecule has 1 aliphatic rings. The summed E-state index contributed by atoms with van der Waals surface area (Å²) in [6.45, 7) is 5.87. The molecule has 31 heavy (non-hydrogen) atoms. The number of oxazole rings is 1. The number of carbonyl (C=O) groups excluding carboxylic acids is 2. The molecular formula is C24H33N3O4. The van der Waals surface area contributed by atoms with Crippen LogP contribution in [0.5, 0.6) is 0 Å². The molecule has 1 aromatic carbocycles. The fourth-order valence-electron chi connectivity index (χ4n) is 3.87. The molecule has 2 amide bonds. The zero-order valence-electron chi connectivity index (χ0n) is 18.7. The van der Waals surface area contributed by atoms with Gasteiger partial charge in [-0.2, -0.15) is 0 Å². The molecule has 0 saturated heterocycles. The molecule has 1 fully saturated rings. The molecule has 2 aromatic rings. The van der Waals surface area contributed by atoms with Crippen LogP contribution in [0.15, 0.2) is 40.9 Å². The summed E-state index contributed by atoms with van der Waals surface area (Å²) in [6, 6.07) is 9.82. The Morgan fingerprint density at radius 2 is 1.87 bits per heavy atom. The molecule has 3 rings (SSSR count). The third kappa shape index (κ3) is 7.12. The number of ether oxygens (including phenoxy) is 1. The molecule has 0 aliphatic heterocycles. The van der Waals surface area contributed by atoms with Crippen LogP contribution in [-0.4, -0.2) is 34.7 Å². The van der Waals surface area contributed by atoms with Crippen LogP contribution in [0.2, 0.25) is 0 Å². The van der Waals surface area contributed by atoms with E-state index in [9.17, 15) is 9.59 Å². The van der Waals surface area contributed by atoms with Gasteiger partial charge in [-0.3, -0.25) is 4.79 Å². The van der Waals surface area contributed by atoms with Crippen molar-refractivity contribution in [2.45, 2.75) is 76.9 Å². The number of rotatable bonds is 8. The molecule has 1 saturated carbocycles. The Morgan fingerprint density at radius 3 is 2.55 bits per heavy atom. The molecule has 1 aromatic heterocycles. The average molecular weight is 428 g/mol. The molecule has 0 radical (unpaired) electrons. The molecule has 0 spiro atoms. The van der Waals surface area contributed by atoms with E-state index in [1.807, 2.05) is 51.1 Å². The van der Waals surface area contributed by atoms with Gasteiger partial charge in [0, 0.05) is 24.9 Å². The number of hydrogen-bond donors (Lipinski definition) is 2. The smallest absolute Gasteiger partial charge is 0.407 e. The monoisotopic (exact) mass is 427 g/mol. The lowest BCUT2D eigenvalue weighted by atomic mass is 9.97. The summed E-state index contributed by atoms with van der Waals surface area (Å²) in [7, 11) is 0. The molecule has 1 heterocycles. The van der Waals surface area contributed by atoms with Crippen LogP contribution < -0.4 is 10.6 Å². The quantitative estimate of drug-likeness (QED) is 0.641. The first-order valence-electron chi connectivity index (χ1n) is 11.0. The molecule has 1 aliphatic carbocycles. The van der Waals surface area contributed by atoms with Gasteiger partial charge in [-0.15, -0.1) is 0 Å². The lowest BCUT2D eigenvalue weighted by Crippen LogP contribution is -2.54. The van der Waals surface area contributed by atoms with Gasteiger partial charge in [-0.05, 0) is 40.0 Å². The van der Waals surface area contributed by atoms with Crippen LogP contribution in [0.4, 0.5) is 4.79 Å². The maximum Gasteiger partial charge on any atom is 0.407 e. The third-order valence-electron chi connectivity index (χ3n) is 5.34. The molecule has 0 bridgehead atoms. The van der Waals surface area contributed by atoms with Gasteiger partial charge in [0.2, 0.25) is 5.91 Å². The van der Waals surface area contributed by atoms with Crippen molar-refractivity contribution in [3.63, 3.8) is 0 Å². The maximum atomic E-state index is 12.6. The molecule has 168 valence electrons. The number of nitrogens with zero attached hydrogens (tertiary/aromatic N) is 1. The van der Waals surface area contributed by atoms with Crippen molar-refractivity contribution in [3.8, 4) is 11.3 Å². The minimum atomic E-state index is -0.545. The molecule has 2 N–H and O–H groups in total. The number of aromatic nitrogens is 1. The van der Waals surface area contributed by atoms with E-state index in [0.29, 0.717) is 31.7 Å². The number of benzene rings is 1. The van der Waals surface area contributed by atoms with E-state index in [0.717, 1.165) is 37.0 Å². The number of carbonyl (C=O) groups is 2. The van der Waals surface area contributed by atoms with Gasteiger partial charge in [0.15, 0.2) is 11.7 Å². The van der Waals surface area contributed by atoms with Crippen LogP contribution in [-0.2, 0) is 16.0 Å². The van der Waals surface area contributed by atoms with Gasteiger partial charge in [-0.1, -0.05) is 43.2 Å². The summed E-state index contributed by atoms with van der Waals surface area (Å²) in [5.41, 5.74) is 0.0491. The predicted octanol–water partition coefficient (Wildman–Crippen LogP) is 4.62. The largest absolute Gasteiger partial charge is 0.444 e. The molecule has 0 atom stereocenters. The fraction of sp³-hybridized carbons (Fsp3) is 0.542. The first kappa shape index (κ1) is 22.8. The van der Waals surface area contributed by atoms with Crippen LogP contribution >= 0.6 is 0 Å². The van der Waals surface area contributed by atoms with Gasteiger partial charge in [0.05, 0.1) is 11.7 Å². The van der Waals surface area contributed by atoms with Gasteiger partial charge in [0.1, 0.15) is 5.60 Å². The van der Waals surface area contributed by atoms with Crippen molar-refractivity contribution in [2.24, 2.45) is 0 Å². The summed E-state index contributed by atoms with van der Waals surface area (Å²) in [5.74, 6) is 1.36. The van der Waals surface area contributed by atoms with Crippen molar-refractivity contribution in [1.29, 1.82) is 0 Å². The number of aryl methyl sites for hydroxylation is 1. The molecule has 7 heteroatoms. The Balaban J connectivity index is 1.45. The molecule has 7 nitrogen and oxygen atoms in total. The first-order valence-corrected chi connectivity index (χ1v) is 11.0. The number of amides is 2. The first-order chi connectivity index (χ1) is 14.7. The van der Waals surface area contributed by atoms with Crippen molar-refractivity contribution in [3.05, 3.63) is 42.4 Å². The van der Waals surface area contributed by atoms with Crippen LogP contribution in [0.3, 0.4) is 0 Å². The second-order valence-corrected chi connectivity index (χ2v) is 9.23. The number of hydrogen-bond acceptors (Lipinski definition) is 5. The second-order valence-electron chi connectivity index (χ2n) is 9.23. The van der Waals surface area contributed by atoms with Gasteiger partial charge in [0.25, 0.3) is 0 Å². The number of nitrogens with one attached hydrogen (secondary N) is 2. The standard InChI is InChI=1S/C24H33N3O4/c1-23(2,3)31-22(29)26-17-24(14-7-8-15-24)27-20(28)12-9-13-21-25-16-19(30-21)18-10-5-4-6-11-18/h4-6,10-11,16H,7-9,12-15,17H2,1-3H3,(H,26,29)(H,27,28). The third-order valence-corrected chi connectivity index (χ3v) is 5.34. The Morgan fingerprint density at radius 1 is 1.16 bits per heavy atom. The minimum absolute atomic E-state index is 0.0114. The normalized spacial score (nSPS) is 15.5. The zero-order valence-corrected chi connectivity index (χ0v) is 18.7. The zero-order chi connectivity index (χ0) is 22.3. The van der Waals surface area contributed by atoms with Gasteiger partial charge in [-0.25, -0.2) is 9.78 Å². The fourth-order valence-corrected chi connectivity index (χ4v) is 3.87. The summed E-state index contributed by atoms with van der Waals surface area (Å²) >= 11 is 0. The van der Waals surface area contributed by atoms with Crippen LogP contribution in [0.25, 0.3) is 11.3 Å². The van der Waals surface area contributed by atoms with E-state index < -0.39 is 17.2 Å². The number of alkyl carbamates (subject to hydrolysis) is 1. The Kier molecular flexibility index (Phi) is 7.36. The average Bonchev–Trinajstić information content (AvgIpc) is 3.36. The SMILES string of the molecule is CC(C)(C)OC(=O)NCC1(NC(=O)CCCc2ncc(-c3ccccc3)o2)CCCC1. The molecular weight excluding hydrogens is 394 g/mol. The Labute approximate surface area is 184 Å².